The first-order valence-electron chi connectivity index (χ1n) is 7.10. The number of aromatic nitrogens is 3. The average Bonchev–Trinajstić information content (AvgIpc) is 2.67. The monoisotopic (exact) mass is 256 g/mol. The fourth-order valence-corrected chi connectivity index (χ4v) is 2.82. The Kier molecular flexibility index (Phi) is 3.49. The second kappa shape index (κ2) is 5.43. The van der Waals surface area contributed by atoms with Crippen LogP contribution >= 0.6 is 0 Å². The Labute approximate surface area is 113 Å². The van der Waals surface area contributed by atoms with E-state index in [1.54, 1.807) is 6.20 Å². The van der Waals surface area contributed by atoms with Crippen molar-refractivity contribution in [3.8, 4) is 11.4 Å². The summed E-state index contributed by atoms with van der Waals surface area (Å²) in [6.45, 7) is 0. The maximum absolute atomic E-state index is 6.10. The number of nitrogen functional groups attached to an aromatic ring is 1. The largest absolute Gasteiger partial charge is 0.396 e. The molecule has 1 aliphatic rings. The Morgan fingerprint density at radius 3 is 2.58 bits per heavy atom. The molecule has 0 radical (unpaired) electrons. The van der Waals surface area contributed by atoms with Crippen molar-refractivity contribution in [2.45, 2.75) is 44.6 Å². The van der Waals surface area contributed by atoms with Gasteiger partial charge in [0.2, 0.25) is 0 Å². The molecule has 2 N–H and O–H groups in total. The first kappa shape index (κ1) is 12.2. The quantitative estimate of drug-likeness (QED) is 0.837. The van der Waals surface area contributed by atoms with Crippen molar-refractivity contribution in [3.05, 3.63) is 30.6 Å². The van der Waals surface area contributed by atoms with Gasteiger partial charge in [-0.3, -0.25) is 9.67 Å². The summed E-state index contributed by atoms with van der Waals surface area (Å²) in [7, 11) is 0. The maximum Gasteiger partial charge on any atom is 0.134 e. The molecular weight excluding hydrogens is 236 g/mol. The Morgan fingerprint density at radius 1 is 1.11 bits per heavy atom. The van der Waals surface area contributed by atoms with Gasteiger partial charge in [0.25, 0.3) is 0 Å². The number of hydrogen-bond donors (Lipinski definition) is 1. The predicted molar refractivity (Wildman–Crippen MR) is 76.6 cm³/mol. The fraction of sp³-hybridized carbons (Fsp3) is 0.467. The molecule has 2 aromatic heterocycles. The summed E-state index contributed by atoms with van der Waals surface area (Å²) in [5.41, 5.74) is 8.48. The van der Waals surface area contributed by atoms with E-state index in [1.807, 2.05) is 24.4 Å². The van der Waals surface area contributed by atoms with Crippen molar-refractivity contribution in [3.63, 3.8) is 0 Å². The molecule has 19 heavy (non-hydrogen) atoms. The van der Waals surface area contributed by atoms with Gasteiger partial charge in [0.1, 0.15) is 5.69 Å². The van der Waals surface area contributed by atoms with Crippen LogP contribution in [-0.4, -0.2) is 14.8 Å². The molecule has 1 aliphatic carbocycles. The summed E-state index contributed by atoms with van der Waals surface area (Å²) in [6, 6.07) is 6.33. The van der Waals surface area contributed by atoms with Crippen LogP contribution in [0.25, 0.3) is 11.4 Å². The third kappa shape index (κ3) is 2.62. The number of anilines is 1. The highest BCUT2D eigenvalue weighted by Crippen LogP contribution is 2.30. The summed E-state index contributed by atoms with van der Waals surface area (Å²) in [6.07, 6.45) is 11.5. The smallest absolute Gasteiger partial charge is 0.134 e. The van der Waals surface area contributed by atoms with Crippen molar-refractivity contribution >= 4 is 5.69 Å². The van der Waals surface area contributed by atoms with Crippen LogP contribution in [0.15, 0.2) is 30.6 Å². The van der Waals surface area contributed by atoms with Crippen LogP contribution in [0, 0.1) is 0 Å². The van der Waals surface area contributed by atoms with Gasteiger partial charge in [-0.05, 0) is 25.0 Å². The highest BCUT2D eigenvalue weighted by atomic mass is 15.3. The van der Waals surface area contributed by atoms with E-state index in [-0.39, 0.29) is 0 Å². The van der Waals surface area contributed by atoms with Crippen molar-refractivity contribution in [2.24, 2.45) is 0 Å². The lowest BCUT2D eigenvalue weighted by molar-refractivity contribution is 0.406. The topological polar surface area (TPSA) is 56.7 Å². The van der Waals surface area contributed by atoms with Crippen LogP contribution in [0.4, 0.5) is 5.69 Å². The summed E-state index contributed by atoms with van der Waals surface area (Å²) in [5.74, 6) is 0. The van der Waals surface area contributed by atoms with Crippen LogP contribution in [0.5, 0.6) is 0 Å². The zero-order chi connectivity index (χ0) is 13.1. The lowest BCUT2D eigenvalue weighted by Gasteiger charge is -2.14. The summed E-state index contributed by atoms with van der Waals surface area (Å²) < 4.78 is 2.06. The van der Waals surface area contributed by atoms with Crippen molar-refractivity contribution < 1.29 is 0 Å². The predicted octanol–water partition coefficient (Wildman–Crippen LogP) is 3.42. The molecule has 4 heteroatoms. The maximum atomic E-state index is 6.10. The minimum absolute atomic E-state index is 0.502. The van der Waals surface area contributed by atoms with Gasteiger partial charge in [-0.15, -0.1) is 0 Å². The van der Waals surface area contributed by atoms with Crippen LogP contribution in [0.2, 0.25) is 0 Å². The van der Waals surface area contributed by atoms with E-state index in [1.165, 1.54) is 38.5 Å². The van der Waals surface area contributed by atoms with E-state index in [4.69, 9.17) is 5.73 Å². The number of pyridine rings is 1. The van der Waals surface area contributed by atoms with Crippen molar-refractivity contribution in [1.82, 2.24) is 14.8 Å². The molecule has 1 saturated carbocycles. The normalized spacial score (nSPS) is 17.3. The Hall–Kier alpha value is -1.84. The summed E-state index contributed by atoms with van der Waals surface area (Å²) in [4.78, 5) is 4.33. The van der Waals surface area contributed by atoms with E-state index < -0.39 is 0 Å². The first-order chi connectivity index (χ1) is 9.34. The molecule has 0 aliphatic heterocycles. The Morgan fingerprint density at radius 2 is 1.89 bits per heavy atom. The van der Waals surface area contributed by atoms with E-state index in [2.05, 4.69) is 14.8 Å². The minimum Gasteiger partial charge on any atom is -0.396 e. The van der Waals surface area contributed by atoms with Crippen LogP contribution in [0.3, 0.4) is 0 Å². The average molecular weight is 256 g/mol. The van der Waals surface area contributed by atoms with Gasteiger partial charge < -0.3 is 5.73 Å². The Bertz CT molecular complexity index is 524. The molecule has 0 saturated heterocycles. The van der Waals surface area contributed by atoms with Gasteiger partial charge in [0, 0.05) is 12.4 Å². The molecular formula is C15H20N4. The summed E-state index contributed by atoms with van der Waals surface area (Å²) in [5, 5.41) is 4.67. The highest BCUT2D eigenvalue weighted by molar-refractivity contribution is 5.68. The highest BCUT2D eigenvalue weighted by Gasteiger charge is 2.17. The molecule has 0 spiro atoms. The number of nitrogens with zero attached hydrogens (tertiary/aromatic N) is 3. The molecule has 0 unspecified atom stereocenters. The van der Waals surface area contributed by atoms with Gasteiger partial charge >= 0.3 is 0 Å². The van der Waals surface area contributed by atoms with E-state index >= 15 is 0 Å². The van der Waals surface area contributed by atoms with Crippen LogP contribution in [-0.2, 0) is 0 Å². The van der Waals surface area contributed by atoms with Crippen molar-refractivity contribution in [1.29, 1.82) is 0 Å². The second-order valence-corrected chi connectivity index (χ2v) is 5.27. The van der Waals surface area contributed by atoms with E-state index in [9.17, 15) is 0 Å². The van der Waals surface area contributed by atoms with Gasteiger partial charge in [0.05, 0.1) is 17.4 Å². The molecule has 4 nitrogen and oxygen atoms in total. The molecule has 0 aromatic carbocycles. The van der Waals surface area contributed by atoms with Gasteiger partial charge in [-0.25, -0.2) is 0 Å². The van der Waals surface area contributed by atoms with Crippen LogP contribution < -0.4 is 5.73 Å². The fourth-order valence-electron chi connectivity index (χ4n) is 2.82. The molecule has 0 bridgehead atoms. The SMILES string of the molecule is Nc1cn(C2CCCCCC2)nc1-c1ccccn1. The van der Waals surface area contributed by atoms with E-state index in [0.717, 1.165) is 17.1 Å². The molecule has 1 fully saturated rings. The third-order valence-corrected chi connectivity index (χ3v) is 3.87. The molecule has 0 atom stereocenters. The molecule has 3 rings (SSSR count). The molecule has 2 heterocycles. The lowest BCUT2D eigenvalue weighted by atomic mass is 10.1. The zero-order valence-electron chi connectivity index (χ0n) is 11.1. The van der Waals surface area contributed by atoms with Crippen molar-refractivity contribution in [2.75, 3.05) is 5.73 Å². The van der Waals surface area contributed by atoms with E-state index in [0.29, 0.717) is 6.04 Å². The van der Waals surface area contributed by atoms with Gasteiger partial charge in [-0.2, -0.15) is 5.10 Å². The number of rotatable bonds is 2. The Balaban J connectivity index is 1.88. The first-order valence-corrected chi connectivity index (χ1v) is 7.10. The molecule has 100 valence electrons. The molecule has 2 aromatic rings. The summed E-state index contributed by atoms with van der Waals surface area (Å²) >= 11 is 0. The number of nitrogens with two attached hydrogens (primary N) is 1. The second-order valence-electron chi connectivity index (χ2n) is 5.27. The van der Waals surface area contributed by atoms with Crippen LogP contribution in [0.1, 0.15) is 44.6 Å². The molecule has 0 amide bonds. The standard InChI is InChI=1S/C15H20N4/c16-13-11-19(12-7-3-1-2-4-8-12)18-15(13)14-9-5-6-10-17-14/h5-6,9-12H,1-4,7-8,16H2. The number of hydrogen-bond acceptors (Lipinski definition) is 3. The van der Waals surface area contributed by atoms with Gasteiger partial charge in [-0.1, -0.05) is 31.7 Å². The van der Waals surface area contributed by atoms with Gasteiger partial charge in [0.15, 0.2) is 0 Å². The third-order valence-electron chi connectivity index (χ3n) is 3.87. The lowest BCUT2D eigenvalue weighted by Crippen LogP contribution is -2.08. The minimum atomic E-state index is 0.502. The zero-order valence-corrected chi connectivity index (χ0v) is 11.1.